The number of rotatable bonds is 6. The van der Waals surface area contributed by atoms with Crippen LogP contribution in [0.15, 0.2) is 59.6 Å². The molecule has 0 bridgehead atoms. The molecular formula is C24H22ClNO3S. The fourth-order valence-corrected chi connectivity index (χ4v) is 5.50. The van der Waals surface area contributed by atoms with Gasteiger partial charge in [0, 0.05) is 27.9 Å². The number of benzene rings is 2. The van der Waals surface area contributed by atoms with Gasteiger partial charge in [-0.15, -0.1) is 11.8 Å². The number of Topliss-reactive ketones (excluding diaryl/α,β-unsaturated/α-hetero) is 1. The first kappa shape index (κ1) is 20.8. The minimum Gasteiger partial charge on any atom is -0.460 e. The summed E-state index contributed by atoms with van der Waals surface area (Å²) in [5, 5.41) is 1.64. The van der Waals surface area contributed by atoms with Crippen LogP contribution >= 0.6 is 23.4 Å². The van der Waals surface area contributed by atoms with E-state index in [2.05, 4.69) is 11.5 Å². The Hall–Kier alpha value is -2.50. The van der Waals surface area contributed by atoms with Crippen molar-refractivity contribution in [3.05, 3.63) is 65.3 Å². The number of ether oxygens (including phenoxy) is 1. The number of hydrogen-bond acceptors (Lipinski definition) is 4. The molecule has 30 heavy (non-hydrogen) atoms. The summed E-state index contributed by atoms with van der Waals surface area (Å²) in [7, 11) is 0. The molecule has 0 amide bonds. The summed E-state index contributed by atoms with van der Waals surface area (Å²) in [6, 6.07) is 17.5. The van der Waals surface area contributed by atoms with Crippen molar-refractivity contribution in [1.29, 1.82) is 0 Å². The molecule has 6 heteroatoms. The molecule has 1 atom stereocenters. The molecule has 0 radical (unpaired) electrons. The van der Waals surface area contributed by atoms with Gasteiger partial charge in [0.2, 0.25) is 0 Å². The number of fused-ring (bicyclic) bond motifs is 1. The number of nitrogens with zero attached hydrogens (tertiary/aromatic N) is 1. The number of esters is 1. The third-order valence-electron chi connectivity index (χ3n) is 5.28. The molecule has 0 spiro atoms. The molecule has 1 aliphatic rings. The van der Waals surface area contributed by atoms with E-state index >= 15 is 0 Å². The fourth-order valence-electron chi connectivity index (χ4n) is 3.89. The summed E-state index contributed by atoms with van der Waals surface area (Å²) < 4.78 is 7.13. The quantitative estimate of drug-likeness (QED) is 0.257. The molecule has 0 N–H and O–H groups in total. The first-order valence-electron chi connectivity index (χ1n) is 10.0. The van der Waals surface area contributed by atoms with Crippen molar-refractivity contribution in [2.24, 2.45) is 0 Å². The molecule has 0 fully saturated rings. The van der Waals surface area contributed by atoms with Gasteiger partial charge in [0.05, 0.1) is 11.6 Å². The van der Waals surface area contributed by atoms with Crippen LogP contribution in [0.5, 0.6) is 0 Å². The monoisotopic (exact) mass is 439 g/mol. The molecule has 0 saturated carbocycles. The highest BCUT2D eigenvalue weighted by atomic mass is 35.5. The maximum absolute atomic E-state index is 13.3. The summed E-state index contributed by atoms with van der Waals surface area (Å²) in [5.74, 6) is -0.555. The number of carbonyl (C=O) groups excluding carboxylic acids is 2. The average molecular weight is 440 g/mol. The van der Waals surface area contributed by atoms with Gasteiger partial charge in [-0.1, -0.05) is 61.0 Å². The van der Waals surface area contributed by atoms with Crippen molar-refractivity contribution < 1.29 is 14.3 Å². The molecule has 2 heterocycles. The second-order valence-corrected chi connectivity index (χ2v) is 8.51. The minimum absolute atomic E-state index is 0.141. The van der Waals surface area contributed by atoms with Gasteiger partial charge in [-0.3, -0.25) is 4.79 Å². The Morgan fingerprint density at radius 3 is 2.33 bits per heavy atom. The zero-order valence-electron chi connectivity index (χ0n) is 16.9. The van der Waals surface area contributed by atoms with E-state index in [1.165, 1.54) is 0 Å². The van der Waals surface area contributed by atoms with Crippen molar-refractivity contribution in [3.63, 3.8) is 0 Å². The SMILES string of the molecule is CCOC(=O)C(=O)c1c(-c2ccc(Cl)cc2)c(-c2ccccc2)c2n1[C@H](CC)CS2. The van der Waals surface area contributed by atoms with Crippen molar-refractivity contribution >= 4 is 35.1 Å². The summed E-state index contributed by atoms with van der Waals surface area (Å²) in [5.41, 5.74) is 4.01. The predicted octanol–water partition coefficient (Wildman–Crippen LogP) is 6.28. The third-order valence-corrected chi connectivity index (χ3v) is 6.76. The van der Waals surface area contributed by atoms with Gasteiger partial charge in [0.1, 0.15) is 5.69 Å². The molecule has 154 valence electrons. The average Bonchev–Trinajstić information content (AvgIpc) is 3.32. The van der Waals surface area contributed by atoms with Gasteiger partial charge in [0.25, 0.3) is 5.78 Å². The van der Waals surface area contributed by atoms with E-state index in [4.69, 9.17) is 16.3 Å². The second-order valence-electron chi connectivity index (χ2n) is 7.07. The number of thioether (sulfide) groups is 1. The predicted molar refractivity (Wildman–Crippen MR) is 121 cm³/mol. The maximum atomic E-state index is 13.3. The molecule has 1 aromatic heterocycles. The van der Waals surface area contributed by atoms with Gasteiger partial charge in [-0.2, -0.15) is 0 Å². The van der Waals surface area contributed by atoms with E-state index in [0.717, 1.165) is 39.5 Å². The van der Waals surface area contributed by atoms with Gasteiger partial charge in [-0.25, -0.2) is 4.79 Å². The molecular weight excluding hydrogens is 418 g/mol. The van der Waals surface area contributed by atoms with Crippen LogP contribution in [0.4, 0.5) is 0 Å². The number of carbonyl (C=O) groups is 2. The zero-order chi connectivity index (χ0) is 21.3. The van der Waals surface area contributed by atoms with Crippen LogP contribution < -0.4 is 0 Å². The Morgan fingerprint density at radius 1 is 1.03 bits per heavy atom. The highest BCUT2D eigenvalue weighted by molar-refractivity contribution is 7.99. The Balaban J connectivity index is 2.06. The van der Waals surface area contributed by atoms with Gasteiger partial charge >= 0.3 is 5.97 Å². The van der Waals surface area contributed by atoms with Gasteiger partial charge < -0.3 is 9.30 Å². The minimum atomic E-state index is -0.820. The van der Waals surface area contributed by atoms with E-state index in [9.17, 15) is 9.59 Å². The van der Waals surface area contributed by atoms with E-state index in [1.54, 1.807) is 30.8 Å². The van der Waals surface area contributed by atoms with Crippen molar-refractivity contribution in [2.75, 3.05) is 12.4 Å². The normalized spacial score (nSPS) is 15.1. The summed E-state index contributed by atoms with van der Waals surface area (Å²) in [4.78, 5) is 25.8. The lowest BCUT2D eigenvalue weighted by Gasteiger charge is -2.15. The second kappa shape index (κ2) is 8.70. The van der Waals surface area contributed by atoms with Crippen LogP contribution in [-0.4, -0.2) is 28.7 Å². The van der Waals surface area contributed by atoms with Crippen LogP contribution in [0.25, 0.3) is 22.3 Å². The Bertz CT molecular complexity index is 1090. The third kappa shape index (κ3) is 3.57. The highest BCUT2D eigenvalue weighted by Crippen LogP contribution is 2.50. The smallest absolute Gasteiger partial charge is 0.381 e. The topological polar surface area (TPSA) is 48.3 Å². The van der Waals surface area contributed by atoms with Gasteiger partial charge in [-0.05, 0) is 36.6 Å². The molecule has 4 rings (SSSR count). The van der Waals surface area contributed by atoms with Crippen molar-refractivity contribution in [3.8, 4) is 22.3 Å². The molecule has 3 aromatic rings. The fraction of sp³-hybridized carbons (Fsp3) is 0.250. The number of aromatic nitrogens is 1. The van der Waals surface area contributed by atoms with E-state index in [1.807, 2.05) is 42.5 Å². The first-order valence-corrected chi connectivity index (χ1v) is 11.4. The molecule has 2 aromatic carbocycles. The van der Waals surface area contributed by atoms with E-state index < -0.39 is 11.8 Å². The number of halogens is 1. The zero-order valence-corrected chi connectivity index (χ0v) is 18.4. The van der Waals surface area contributed by atoms with Crippen molar-refractivity contribution in [2.45, 2.75) is 31.3 Å². The maximum Gasteiger partial charge on any atom is 0.381 e. The standard InChI is InChI=1S/C24H22ClNO3S/c1-3-18-14-30-23-20(15-8-6-5-7-9-15)19(16-10-12-17(25)13-11-16)21(26(18)23)22(27)24(28)29-4-2/h5-13,18H,3-4,14H2,1-2H3/t18-/m1/s1. The van der Waals surface area contributed by atoms with Crippen LogP contribution in [0.1, 0.15) is 36.8 Å². The molecule has 0 saturated heterocycles. The molecule has 1 aliphatic heterocycles. The van der Waals surface area contributed by atoms with Gasteiger partial charge in [0.15, 0.2) is 0 Å². The lowest BCUT2D eigenvalue weighted by Crippen LogP contribution is -2.23. The summed E-state index contributed by atoms with van der Waals surface area (Å²) in [6.45, 7) is 3.96. The van der Waals surface area contributed by atoms with Crippen molar-refractivity contribution in [1.82, 2.24) is 4.57 Å². The van der Waals surface area contributed by atoms with Crippen LogP contribution in [0.2, 0.25) is 5.02 Å². The largest absolute Gasteiger partial charge is 0.460 e. The molecule has 4 nitrogen and oxygen atoms in total. The first-order chi connectivity index (χ1) is 14.6. The summed E-state index contributed by atoms with van der Waals surface area (Å²) in [6.07, 6.45) is 0.867. The van der Waals surface area contributed by atoms with Crippen LogP contribution in [0, 0.1) is 0 Å². The Labute approximate surface area is 185 Å². The Morgan fingerprint density at radius 2 is 1.70 bits per heavy atom. The summed E-state index contributed by atoms with van der Waals surface area (Å²) >= 11 is 7.85. The number of ketones is 1. The van der Waals surface area contributed by atoms with Crippen LogP contribution in [-0.2, 0) is 9.53 Å². The lowest BCUT2D eigenvalue weighted by molar-refractivity contribution is -0.137. The van der Waals surface area contributed by atoms with Crippen LogP contribution in [0.3, 0.4) is 0 Å². The number of hydrogen-bond donors (Lipinski definition) is 0. The lowest BCUT2D eigenvalue weighted by atomic mass is 9.95. The molecule has 0 aliphatic carbocycles. The van der Waals surface area contributed by atoms with E-state index in [0.29, 0.717) is 10.7 Å². The van der Waals surface area contributed by atoms with E-state index in [-0.39, 0.29) is 12.6 Å². The molecule has 0 unspecified atom stereocenters. The Kier molecular flexibility index (Phi) is 6.02. The highest BCUT2D eigenvalue weighted by Gasteiger charge is 2.37.